The fourth-order valence-corrected chi connectivity index (χ4v) is 6.70. The van der Waals surface area contributed by atoms with E-state index in [2.05, 4.69) is 63.7 Å². The summed E-state index contributed by atoms with van der Waals surface area (Å²) in [6.45, 7) is 0. The van der Waals surface area contributed by atoms with Gasteiger partial charge in [0.25, 0.3) is 0 Å². The minimum Gasteiger partial charge on any atom is -0.0875 e. The highest BCUT2D eigenvalue weighted by Crippen LogP contribution is 2.55. The third kappa shape index (κ3) is 1.31. The van der Waals surface area contributed by atoms with E-state index in [0.29, 0.717) is 19.3 Å². The number of fused-ring (bicyclic) bond motifs is 2. The van der Waals surface area contributed by atoms with Gasteiger partial charge in [-0.15, -0.1) is 0 Å². The van der Waals surface area contributed by atoms with Crippen molar-refractivity contribution in [1.29, 1.82) is 0 Å². The molecule has 4 atom stereocenters. The van der Waals surface area contributed by atoms with E-state index in [-0.39, 0.29) is 0 Å². The SMILES string of the molecule is Br[C@@H]1C2CC([C@@H]1Br)[C@H](Br)[C@@H]2Br. The van der Waals surface area contributed by atoms with Crippen LogP contribution in [0, 0.1) is 11.8 Å². The van der Waals surface area contributed by atoms with Crippen molar-refractivity contribution in [3.63, 3.8) is 0 Å². The van der Waals surface area contributed by atoms with Crippen molar-refractivity contribution in [3.05, 3.63) is 0 Å². The maximum Gasteiger partial charge on any atom is 0.0313 e. The fourth-order valence-electron chi connectivity index (χ4n) is 2.13. The van der Waals surface area contributed by atoms with Crippen molar-refractivity contribution in [3.8, 4) is 0 Å². The topological polar surface area (TPSA) is 0 Å². The second-order valence-corrected chi connectivity index (χ2v) is 7.57. The summed E-state index contributed by atoms with van der Waals surface area (Å²) >= 11 is 14.9. The smallest absolute Gasteiger partial charge is 0.0313 e. The van der Waals surface area contributed by atoms with Gasteiger partial charge in [-0.2, -0.15) is 0 Å². The first-order valence-electron chi connectivity index (χ1n) is 3.69. The normalized spacial score (nSPS) is 62.2. The van der Waals surface area contributed by atoms with Gasteiger partial charge >= 0.3 is 0 Å². The number of alkyl halides is 4. The highest BCUT2D eigenvalue weighted by molar-refractivity contribution is 9.13. The second-order valence-electron chi connectivity index (χ2n) is 3.34. The largest absolute Gasteiger partial charge is 0.0875 e. The lowest BCUT2D eigenvalue weighted by Gasteiger charge is -2.30. The van der Waals surface area contributed by atoms with E-state index in [9.17, 15) is 0 Å². The summed E-state index contributed by atoms with van der Waals surface area (Å²) in [6, 6.07) is 0. The zero-order chi connectivity index (χ0) is 8.17. The lowest BCUT2D eigenvalue weighted by molar-refractivity contribution is 0.551. The van der Waals surface area contributed by atoms with Crippen LogP contribution in [0.25, 0.3) is 0 Å². The van der Waals surface area contributed by atoms with Gasteiger partial charge in [-0.3, -0.25) is 0 Å². The van der Waals surface area contributed by atoms with Gasteiger partial charge in [0.1, 0.15) is 0 Å². The minimum absolute atomic E-state index is 0.658. The standard InChI is InChI=1S/C7H8Br4/c8-4-2-1-3(6(4)10)7(11)5(2)9/h2-7H,1H2/t2?,3?,4-,5-,6+,7+. The molecule has 11 heavy (non-hydrogen) atoms. The zero-order valence-corrected chi connectivity index (χ0v) is 12.0. The molecule has 0 saturated heterocycles. The Morgan fingerprint density at radius 1 is 0.636 bits per heavy atom. The Bertz CT molecular complexity index is 138. The molecule has 0 heterocycles. The maximum absolute atomic E-state index is 3.73. The van der Waals surface area contributed by atoms with Gasteiger partial charge in [0.15, 0.2) is 0 Å². The van der Waals surface area contributed by atoms with E-state index in [4.69, 9.17) is 0 Å². The molecule has 2 rings (SSSR count). The van der Waals surface area contributed by atoms with Crippen LogP contribution in [0.15, 0.2) is 0 Å². The van der Waals surface area contributed by atoms with Crippen molar-refractivity contribution in [2.75, 3.05) is 0 Å². The number of halogens is 4. The van der Waals surface area contributed by atoms with Crippen LogP contribution in [0.4, 0.5) is 0 Å². The van der Waals surface area contributed by atoms with Crippen LogP contribution in [0.5, 0.6) is 0 Å². The summed E-state index contributed by atoms with van der Waals surface area (Å²) in [5, 5.41) is 0. The van der Waals surface area contributed by atoms with Crippen LogP contribution < -0.4 is 0 Å². The van der Waals surface area contributed by atoms with Crippen LogP contribution in [0.3, 0.4) is 0 Å². The van der Waals surface area contributed by atoms with E-state index in [1.807, 2.05) is 0 Å². The molecule has 0 aromatic carbocycles. The highest BCUT2D eigenvalue weighted by Gasteiger charge is 2.54. The summed E-state index contributed by atoms with van der Waals surface area (Å²) in [6.07, 6.45) is 1.34. The summed E-state index contributed by atoms with van der Waals surface area (Å²) in [7, 11) is 0. The Labute approximate surface area is 100 Å². The van der Waals surface area contributed by atoms with Crippen LogP contribution in [0.2, 0.25) is 0 Å². The molecule has 0 aromatic rings. The third-order valence-electron chi connectivity index (χ3n) is 2.79. The molecule has 64 valence electrons. The van der Waals surface area contributed by atoms with Crippen molar-refractivity contribution < 1.29 is 0 Å². The molecular formula is C7H8Br4. The van der Waals surface area contributed by atoms with Gasteiger partial charge in [-0.25, -0.2) is 0 Å². The Kier molecular flexibility index (Phi) is 2.80. The van der Waals surface area contributed by atoms with Gasteiger partial charge in [-0.1, -0.05) is 63.7 Å². The van der Waals surface area contributed by atoms with E-state index < -0.39 is 0 Å². The molecule has 0 spiro atoms. The van der Waals surface area contributed by atoms with E-state index in [1.165, 1.54) is 6.42 Å². The first-order valence-corrected chi connectivity index (χ1v) is 7.35. The van der Waals surface area contributed by atoms with E-state index >= 15 is 0 Å². The molecule has 0 nitrogen and oxygen atoms in total. The second kappa shape index (κ2) is 3.25. The summed E-state index contributed by atoms with van der Waals surface area (Å²) in [4.78, 5) is 2.63. The highest BCUT2D eigenvalue weighted by atomic mass is 79.9. The van der Waals surface area contributed by atoms with E-state index in [1.54, 1.807) is 0 Å². The Morgan fingerprint density at radius 2 is 0.909 bits per heavy atom. The Morgan fingerprint density at radius 3 is 1.09 bits per heavy atom. The predicted octanol–water partition coefficient (Wildman–Crippen LogP) is 3.69. The van der Waals surface area contributed by atoms with Crippen LogP contribution >= 0.6 is 63.7 Å². The maximum atomic E-state index is 3.73. The van der Waals surface area contributed by atoms with Gasteiger partial charge in [0.2, 0.25) is 0 Å². The van der Waals surface area contributed by atoms with Gasteiger partial charge in [0, 0.05) is 19.3 Å². The van der Waals surface area contributed by atoms with Crippen molar-refractivity contribution in [2.24, 2.45) is 11.8 Å². The van der Waals surface area contributed by atoms with Crippen molar-refractivity contribution >= 4 is 63.7 Å². The lowest BCUT2D eigenvalue weighted by atomic mass is 10.0. The molecule has 0 aromatic heterocycles. The summed E-state index contributed by atoms with van der Waals surface area (Å²) in [5.74, 6) is 1.60. The van der Waals surface area contributed by atoms with E-state index in [0.717, 1.165) is 11.8 Å². The molecular weight excluding hydrogens is 404 g/mol. The first kappa shape index (κ1) is 9.47. The molecule has 2 saturated carbocycles. The third-order valence-corrected chi connectivity index (χ3v) is 9.20. The number of hydrogen-bond donors (Lipinski definition) is 0. The molecule has 0 unspecified atom stereocenters. The average molecular weight is 412 g/mol. The van der Waals surface area contributed by atoms with Crippen molar-refractivity contribution in [2.45, 2.75) is 25.7 Å². The fraction of sp³-hybridized carbons (Fsp3) is 1.00. The minimum atomic E-state index is 0.658. The average Bonchev–Trinajstić information content (AvgIpc) is 2.40. The molecule has 0 radical (unpaired) electrons. The molecule has 2 aliphatic rings. The zero-order valence-electron chi connectivity index (χ0n) is 5.68. The molecule has 2 fully saturated rings. The Balaban J connectivity index is 2.21. The molecule has 2 bridgehead atoms. The van der Waals surface area contributed by atoms with Crippen molar-refractivity contribution in [1.82, 2.24) is 0 Å². The predicted molar refractivity (Wildman–Crippen MR) is 62.5 cm³/mol. The molecule has 0 amide bonds. The van der Waals surface area contributed by atoms with Gasteiger partial charge in [0.05, 0.1) is 0 Å². The molecule has 2 aliphatic carbocycles. The van der Waals surface area contributed by atoms with Gasteiger partial charge < -0.3 is 0 Å². The van der Waals surface area contributed by atoms with Gasteiger partial charge in [-0.05, 0) is 18.3 Å². The van der Waals surface area contributed by atoms with Crippen LogP contribution in [-0.2, 0) is 0 Å². The number of rotatable bonds is 0. The Hall–Kier alpha value is 1.92. The lowest BCUT2D eigenvalue weighted by Crippen LogP contribution is -2.36. The summed E-state index contributed by atoms with van der Waals surface area (Å²) in [5.41, 5.74) is 0. The quantitative estimate of drug-likeness (QED) is 0.533. The van der Waals surface area contributed by atoms with Crippen LogP contribution in [-0.4, -0.2) is 19.3 Å². The molecule has 0 aliphatic heterocycles. The molecule has 4 heteroatoms. The monoisotopic (exact) mass is 408 g/mol. The summed E-state index contributed by atoms with van der Waals surface area (Å²) < 4.78 is 0. The number of hydrogen-bond acceptors (Lipinski definition) is 0. The first-order chi connectivity index (χ1) is 5.13. The molecule has 0 N–H and O–H groups in total. The van der Waals surface area contributed by atoms with Crippen LogP contribution in [0.1, 0.15) is 6.42 Å².